The molecule has 0 saturated carbocycles. The van der Waals surface area contributed by atoms with Gasteiger partial charge in [0, 0.05) is 29.0 Å². The van der Waals surface area contributed by atoms with Crippen LogP contribution >= 0.6 is 0 Å². The summed E-state index contributed by atoms with van der Waals surface area (Å²) in [5.41, 5.74) is 1.83. The molecule has 1 nitrogen and oxygen atoms in total. The minimum atomic E-state index is -1.40. The van der Waals surface area contributed by atoms with Crippen LogP contribution in [-0.2, 0) is 26.5 Å². The van der Waals surface area contributed by atoms with Gasteiger partial charge >= 0.3 is 0 Å². The van der Waals surface area contributed by atoms with E-state index in [1.54, 1.807) is 12.3 Å². The molecular weight excluding hydrogens is 398 g/mol. The summed E-state index contributed by atoms with van der Waals surface area (Å²) >= 11 is 0. The summed E-state index contributed by atoms with van der Waals surface area (Å²) in [7, 11) is 0. The summed E-state index contributed by atoms with van der Waals surface area (Å²) in [6, 6.07) is 14.3. The van der Waals surface area contributed by atoms with Crippen molar-refractivity contribution in [3.05, 3.63) is 54.2 Å². The molecule has 2 aromatic rings. The van der Waals surface area contributed by atoms with Gasteiger partial charge in [-0.25, -0.2) is 0 Å². The van der Waals surface area contributed by atoms with Crippen LogP contribution < -0.4 is 0 Å². The first-order valence-corrected chi connectivity index (χ1v) is 5.76. The van der Waals surface area contributed by atoms with E-state index < -0.39 is 11.8 Å². The predicted molar refractivity (Wildman–Crippen MR) is 71.7 cm³/mol. The van der Waals surface area contributed by atoms with Crippen LogP contribution in [0.5, 0.6) is 0 Å². The third-order valence-electron chi connectivity index (χ3n) is 2.26. The van der Waals surface area contributed by atoms with Gasteiger partial charge in [0.25, 0.3) is 0 Å². The van der Waals surface area contributed by atoms with E-state index in [0.29, 0.717) is 5.56 Å². The Morgan fingerprint density at radius 2 is 2.06 bits per heavy atom. The van der Waals surface area contributed by atoms with E-state index in [4.69, 9.17) is 2.74 Å². The Morgan fingerprint density at radius 3 is 2.67 bits per heavy atom. The second-order valence-corrected chi connectivity index (χ2v) is 5.08. The molecule has 2 rings (SSSR count). The molecule has 2 heteroatoms. The molecule has 0 atom stereocenters. The predicted octanol–water partition coefficient (Wildman–Crippen LogP) is 4.13. The molecule has 0 aliphatic carbocycles. The zero-order valence-electron chi connectivity index (χ0n) is 12.8. The number of hydrogen-bond donors (Lipinski definition) is 0. The van der Waals surface area contributed by atoms with Crippen LogP contribution in [0.3, 0.4) is 0 Å². The molecular formula is C16H18IrN-. The minimum Gasteiger partial charge on any atom is -0.305 e. The minimum absolute atomic E-state index is 0. The summed E-state index contributed by atoms with van der Waals surface area (Å²) in [6.07, 6.45) is 0.258. The van der Waals surface area contributed by atoms with E-state index in [1.807, 2.05) is 51.1 Å². The van der Waals surface area contributed by atoms with E-state index in [0.717, 1.165) is 11.3 Å². The van der Waals surface area contributed by atoms with Gasteiger partial charge in [0.05, 0.1) is 0 Å². The summed E-state index contributed by atoms with van der Waals surface area (Å²) in [4.78, 5) is 4.31. The molecule has 1 aromatic carbocycles. The Hall–Kier alpha value is -0.981. The third kappa shape index (κ3) is 4.36. The first-order valence-electron chi connectivity index (χ1n) is 6.76. The molecule has 0 aliphatic rings. The third-order valence-corrected chi connectivity index (χ3v) is 2.26. The smallest absolute Gasteiger partial charge is 0.0321 e. The van der Waals surface area contributed by atoms with Crippen molar-refractivity contribution in [3.8, 4) is 11.3 Å². The molecule has 0 bridgehead atoms. The molecule has 0 unspecified atom stereocenters. The van der Waals surface area contributed by atoms with Crippen molar-refractivity contribution < 1.29 is 22.8 Å². The van der Waals surface area contributed by atoms with E-state index in [2.05, 4.69) is 11.1 Å². The van der Waals surface area contributed by atoms with Crippen LogP contribution in [0.1, 0.15) is 29.1 Å². The number of aromatic nitrogens is 1. The average Bonchev–Trinajstić information content (AvgIpc) is 2.39. The van der Waals surface area contributed by atoms with Gasteiger partial charge in [-0.05, 0) is 23.5 Å². The first kappa shape index (κ1) is 12.1. The number of rotatable bonds is 2. The van der Waals surface area contributed by atoms with E-state index in [-0.39, 0.29) is 20.1 Å². The fraction of sp³-hybridized carbons (Fsp3) is 0.312. The van der Waals surface area contributed by atoms with Crippen LogP contribution in [0.4, 0.5) is 0 Å². The topological polar surface area (TPSA) is 12.9 Å². The van der Waals surface area contributed by atoms with Crippen molar-refractivity contribution in [2.75, 3.05) is 0 Å². The standard InChI is InChI=1S/C16H18N.Ir/c1-16(2,3)12-13-9-10-17-15(11-13)14-7-5-4-6-8-14;/h4-7,9-11H,12H2,1-3H3;/q-1;/i12D2;. The second kappa shape index (κ2) is 6.26. The molecule has 0 amide bonds. The Kier molecular flexibility index (Phi) is 4.20. The molecule has 1 radical (unpaired) electrons. The summed E-state index contributed by atoms with van der Waals surface area (Å²) in [6.45, 7) is 5.71. The van der Waals surface area contributed by atoms with Gasteiger partial charge in [0.1, 0.15) is 0 Å². The van der Waals surface area contributed by atoms with Crippen molar-refractivity contribution in [2.45, 2.75) is 27.1 Å². The maximum Gasteiger partial charge on any atom is 0.0321 e. The monoisotopic (exact) mass is 419 g/mol. The van der Waals surface area contributed by atoms with Crippen LogP contribution in [0.2, 0.25) is 0 Å². The molecule has 1 heterocycles. The Labute approximate surface area is 126 Å². The van der Waals surface area contributed by atoms with Gasteiger partial charge in [0.15, 0.2) is 0 Å². The maximum atomic E-state index is 8.31. The van der Waals surface area contributed by atoms with Crippen molar-refractivity contribution in [3.63, 3.8) is 0 Å². The average molecular weight is 419 g/mol. The SMILES string of the molecule is [2H]C([2H])(c1ccnc(-c2[c-]cccc2)c1)C(C)(C)C.[Ir]. The maximum absolute atomic E-state index is 8.31. The largest absolute Gasteiger partial charge is 0.305 e. The van der Waals surface area contributed by atoms with Crippen molar-refractivity contribution in [1.82, 2.24) is 4.98 Å². The fourth-order valence-electron chi connectivity index (χ4n) is 1.64. The molecule has 97 valence electrons. The number of nitrogens with zero attached hydrogens (tertiary/aromatic N) is 1. The second-order valence-electron chi connectivity index (χ2n) is 5.08. The molecule has 1 aromatic heterocycles. The van der Waals surface area contributed by atoms with Crippen LogP contribution in [0.25, 0.3) is 11.3 Å². The summed E-state index contributed by atoms with van der Waals surface area (Å²) in [5.74, 6) is 0. The Morgan fingerprint density at radius 1 is 1.28 bits per heavy atom. The molecule has 0 aliphatic heterocycles. The van der Waals surface area contributed by atoms with Gasteiger partial charge in [-0.15, -0.1) is 35.9 Å². The normalized spacial score (nSPS) is 13.3. The molecule has 0 saturated heterocycles. The van der Waals surface area contributed by atoms with Gasteiger partial charge in [-0.3, -0.25) is 0 Å². The van der Waals surface area contributed by atoms with Gasteiger partial charge in [-0.2, -0.15) is 0 Å². The first-order chi connectivity index (χ1) is 8.82. The number of pyridine rings is 1. The zero-order valence-corrected chi connectivity index (χ0v) is 13.2. The number of hydrogen-bond acceptors (Lipinski definition) is 1. The summed E-state index contributed by atoms with van der Waals surface area (Å²) < 4.78 is 16.6. The Bertz CT molecular complexity index is 562. The van der Waals surface area contributed by atoms with Gasteiger partial charge in [0.2, 0.25) is 0 Å². The van der Waals surface area contributed by atoms with Crippen LogP contribution in [-0.4, -0.2) is 4.98 Å². The van der Waals surface area contributed by atoms with Crippen LogP contribution in [0.15, 0.2) is 42.6 Å². The number of benzene rings is 1. The fourth-order valence-corrected chi connectivity index (χ4v) is 1.64. The van der Waals surface area contributed by atoms with Gasteiger partial charge in [-0.1, -0.05) is 32.4 Å². The van der Waals surface area contributed by atoms with Crippen molar-refractivity contribution in [1.29, 1.82) is 0 Å². The summed E-state index contributed by atoms with van der Waals surface area (Å²) in [5, 5.41) is 0. The Balaban J connectivity index is 0.00000200. The molecule has 0 fully saturated rings. The van der Waals surface area contributed by atoms with Gasteiger partial charge < -0.3 is 4.98 Å². The molecule has 0 N–H and O–H groups in total. The molecule has 18 heavy (non-hydrogen) atoms. The van der Waals surface area contributed by atoms with E-state index >= 15 is 0 Å². The molecule has 0 spiro atoms. The van der Waals surface area contributed by atoms with Crippen LogP contribution in [0, 0.1) is 11.5 Å². The zero-order chi connectivity index (χ0) is 14.1. The van der Waals surface area contributed by atoms with E-state index in [9.17, 15) is 0 Å². The van der Waals surface area contributed by atoms with E-state index in [1.165, 1.54) is 0 Å². The van der Waals surface area contributed by atoms with Crippen molar-refractivity contribution in [2.24, 2.45) is 5.41 Å². The quantitative estimate of drug-likeness (QED) is 0.668. The van der Waals surface area contributed by atoms with Crippen molar-refractivity contribution >= 4 is 0 Å².